The maximum Gasteiger partial charge on any atom is 0.341 e. The summed E-state index contributed by atoms with van der Waals surface area (Å²) in [5, 5.41) is 1.78. The summed E-state index contributed by atoms with van der Waals surface area (Å²) in [5.74, 6) is 0.777. The van der Waals surface area contributed by atoms with Crippen LogP contribution in [0.25, 0.3) is 10.8 Å². The highest BCUT2D eigenvalue weighted by atomic mass is 16.5. The van der Waals surface area contributed by atoms with Crippen molar-refractivity contribution >= 4 is 16.7 Å². The molecule has 0 unspecified atom stereocenters. The molecule has 0 fully saturated rings. The molecule has 0 saturated carbocycles. The number of hydrogen-bond donors (Lipinski definition) is 0. The van der Waals surface area contributed by atoms with Crippen LogP contribution >= 0.6 is 0 Å². The molecule has 0 aliphatic rings. The van der Waals surface area contributed by atoms with Crippen molar-refractivity contribution in [2.45, 2.75) is 6.61 Å². The number of carbonyl (C=O) groups excluding carboxylic acids is 1. The first-order chi connectivity index (χ1) is 11.7. The lowest BCUT2D eigenvalue weighted by Gasteiger charge is -2.13. The molecule has 0 atom stereocenters. The standard InChI is InChI=1S/C20H18O4/c1-22-18-10-6-9-15-11-17(20(21)23-2)19(12-16(15)18)24-13-14-7-4-3-5-8-14/h3-12H,13H2,1-2H3. The molecule has 0 aromatic heterocycles. The highest BCUT2D eigenvalue weighted by Gasteiger charge is 2.16. The first kappa shape index (κ1) is 15.9. The van der Waals surface area contributed by atoms with Crippen LogP contribution in [0.5, 0.6) is 11.5 Å². The lowest BCUT2D eigenvalue weighted by molar-refractivity contribution is 0.0595. The van der Waals surface area contributed by atoms with Crippen molar-refractivity contribution in [3.8, 4) is 11.5 Å². The Labute approximate surface area is 140 Å². The van der Waals surface area contributed by atoms with Crippen LogP contribution in [0.1, 0.15) is 15.9 Å². The van der Waals surface area contributed by atoms with Gasteiger partial charge in [-0.3, -0.25) is 0 Å². The number of carbonyl (C=O) groups is 1. The van der Waals surface area contributed by atoms with Gasteiger partial charge in [0.05, 0.1) is 14.2 Å². The second-order valence-electron chi connectivity index (χ2n) is 5.30. The molecule has 0 amide bonds. The zero-order chi connectivity index (χ0) is 16.9. The van der Waals surface area contributed by atoms with Crippen LogP contribution in [0, 0.1) is 0 Å². The minimum absolute atomic E-state index is 0.367. The first-order valence-corrected chi connectivity index (χ1v) is 7.58. The number of benzene rings is 3. The molecule has 0 saturated heterocycles. The molecule has 0 radical (unpaired) electrons. The third kappa shape index (κ3) is 3.18. The van der Waals surface area contributed by atoms with Crippen LogP contribution in [-0.2, 0) is 11.3 Å². The van der Waals surface area contributed by atoms with Gasteiger partial charge in [-0.15, -0.1) is 0 Å². The highest BCUT2D eigenvalue weighted by molar-refractivity contribution is 6.00. The SMILES string of the molecule is COC(=O)c1cc2cccc(OC)c2cc1OCc1ccccc1. The van der Waals surface area contributed by atoms with Crippen molar-refractivity contribution in [2.75, 3.05) is 14.2 Å². The molecule has 4 heteroatoms. The van der Waals surface area contributed by atoms with Gasteiger partial charge in [0.2, 0.25) is 0 Å². The molecule has 0 heterocycles. The third-order valence-corrected chi connectivity index (χ3v) is 3.80. The first-order valence-electron chi connectivity index (χ1n) is 7.58. The van der Waals surface area contributed by atoms with Crippen LogP contribution in [0.3, 0.4) is 0 Å². The molecule has 122 valence electrons. The predicted molar refractivity (Wildman–Crippen MR) is 92.6 cm³/mol. The van der Waals surface area contributed by atoms with Crippen LogP contribution in [0.2, 0.25) is 0 Å². The van der Waals surface area contributed by atoms with Crippen molar-refractivity contribution in [3.05, 3.63) is 71.8 Å². The molecule has 0 bridgehead atoms. The third-order valence-electron chi connectivity index (χ3n) is 3.80. The molecule has 3 aromatic carbocycles. The Morgan fingerprint density at radius 2 is 1.71 bits per heavy atom. The maximum atomic E-state index is 12.1. The Balaban J connectivity index is 2.03. The van der Waals surface area contributed by atoms with Crippen molar-refractivity contribution in [2.24, 2.45) is 0 Å². The van der Waals surface area contributed by atoms with Gasteiger partial charge in [0.1, 0.15) is 23.7 Å². The molecule has 0 N–H and O–H groups in total. The number of ether oxygens (including phenoxy) is 3. The largest absolute Gasteiger partial charge is 0.496 e. The number of hydrogen-bond acceptors (Lipinski definition) is 4. The maximum absolute atomic E-state index is 12.1. The minimum atomic E-state index is -0.428. The lowest BCUT2D eigenvalue weighted by atomic mass is 10.0. The van der Waals surface area contributed by atoms with Crippen LogP contribution in [0.15, 0.2) is 60.7 Å². The minimum Gasteiger partial charge on any atom is -0.496 e. The van der Waals surface area contributed by atoms with E-state index in [1.54, 1.807) is 13.2 Å². The average Bonchev–Trinajstić information content (AvgIpc) is 2.65. The lowest BCUT2D eigenvalue weighted by Crippen LogP contribution is -2.06. The van der Waals surface area contributed by atoms with Gasteiger partial charge in [-0.05, 0) is 29.1 Å². The summed E-state index contributed by atoms with van der Waals surface area (Å²) in [7, 11) is 2.98. The Kier molecular flexibility index (Phi) is 4.66. The van der Waals surface area contributed by atoms with Gasteiger partial charge in [-0.1, -0.05) is 42.5 Å². The fraction of sp³-hybridized carbons (Fsp3) is 0.150. The van der Waals surface area contributed by atoms with Crippen molar-refractivity contribution in [3.63, 3.8) is 0 Å². The van der Waals surface area contributed by atoms with Crippen molar-refractivity contribution in [1.29, 1.82) is 0 Å². The Hall–Kier alpha value is -3.01. The van der Waals surface area contributed by atoms with E-state index >= 15 is 0 Å². The zero-order valence-electron chi connectivity index (χ0n) is 13.6. The smallest absolute Gasteiger partial charge is 0.341 e. The van der Waals surface area contributed by atoms with Gasteiger partial charge in [0, 0.05) is 5.39 Å². The fourth-order valence-corrected chi connectivity index (χ4v) is 2.58. The summed E-state index contributed by atoms with van der Waals surface area (Å²) in [6.07, 6.45) is 0. The van der Waals surface area contributed by atoms with E-state index in [9.17, 15) is 4.79 Å². The van der Waals surface area contributed by atoms with E-state index in [1.807, 2.05) is 54.6 Å². The Morgan fingerprint density at radius 1 is 0.917 bits per heavy atom. The summed E-state index contributed by atoms with van der Waals surface area (Å²) in [4.78, 5) is 12.1. The zero-order valence-corrected chi connectivity index (χ0v) is 13.6. The van der Waals surface area contributed by atoms with E-state index in [2.05, 4.69) is 0 Å². The van der Waals surface area contributed by atoms with E-state index in [1.165, 1.54) is 7.11 Å². The van der Waals surface area contributed by atoms with Gasteiger partial charge in [-0.2, -0.15) is 0 Å². The fourth-order valence-electron chi connectivity index (χ4n) is 2.58. The molecular formula is C20H18O4. The summed E-state index contributed by atoms with van der Waals surface area (Å²) >= 11 is 0. The second kappa shape index (κ2) is 7.04. The molecular weight excluding hydrogens is 304 g/mol. The van der Waals surface area contributed by atoms with Gasteiger partial charge in [0.25, 0.3) is 0 Å². The van der Waals surface area contributed by atoms with Crippen molar-refractivity contribution in [1.82, 2.24) is 0 Å². The number of methoxy groups -OCH3 is 2. The molecule has 0 aliphatic heterocycles. The van der Waals surface area contributed by atoms with Gasteiger partial charge < -0.3 is 14.2 Å². The summed E-state index contributed by atoms with van der Waals surface area (Å²) < 4.78 is 16.2. The topological polar surface area (TPSA) is 44.8 Å². The molecule has 0 spiro atoms. The molecule has 4 nitrogen and oxygen atoms in total. The van der Waals surface area contributed by atoms with E-state index < -0.39 is 5.97 Å². The van der Waals surface area contributed by atoms with Crippen LogP contribution in [-0.4, -0.2) is 20.2 Å². The van der Waals surface area contributed by atoms with E-state index in [0.29, 0.717) is 17.9 Å². The average molecular weight is 322 g/mol. The van der Waals surface area contributed by atoms with Gasteiger partial charge >= 0.3 is 5.97 Å². The number of esters is 1. The Bertz CT molecular complexity index is 856. The van der Waals surface area contributed by atoms with E-state index in [4.69, 9.17) is 14.2 Å². The molecule has 3 aromatic rings. The van der Waals surface area contributed by atoms with Gasteiger partial charge in [-0.25, -0.2) is 4.79 Å². The van der Waals surface area contributed by atoms with E-state index in [-0.39, 0.29) is 0 Å². The monoisotopic (exact) mass is 322 g/mol. The number of fused-ring (bicyclic) bond motifs is 1. The van der Waals surface area contributed by atoms with Crippen molar-refractivity contribution < 1.29 is 19.0 Å². The van der Waals surface area contributed by atoms with E-state index in [0.717, 1.165) is 22.1 Å². The highest BCUT2D eigenvalue weighted by Crippen LogP contribution is 2.32. The molecule has 0 aliphatic carbocycles. The molecule has 24 heavy (non-hydrogen) atoms. The van der Waals surface area contributed by atoms with Crippen LogP contribution in [0.4, 0.5) is 0 Å². The predicted octanol–water partition coefficient (Wildman–Crippen LogP) is 4.21. The van der Waals surface area contributed by atoms with Crippen LogP contribution < -0.4 is 9.47 Å². The normalized spacial score (nSPS) is 10.4. The Morgan fingerprint density at radius 3 is 2.42 bits per heavy atom. The summed E-state index contributed by atoms with van der Waals surface area (Å²) in [6.45, 7) is 0.367. The summed E-state index contributed by atoms with van der Waals surface area (Å²) in [5.41, 5.74) is 1.42. The number of rotatable bonds is 5. The summed E-state index contributed by atoms with van der Waals surface area (Å²) in [6, 6.07) is 19.1. The quantitative estimate of drug-likeness (QED) is 0.660. The van der Waals surface area contributed by atoms with Gasteiger partial charge in [0.15, 0.2) is 0 Å². The second-order valence-corrected chi connectivity index (χ2v) is 5.30. The molecule has 3 rings (SSSR count).